The topological polar surface area (TPSA) is 43.8 Å². The first-order chi connectivity index (χ1) is 8.58. The van der Waals surface area contributed by atoms with Crippen LogP contribution >= 0.6 is 0 Å². The summed E-state index contributed by atoms with van der Waals surface area (Å²) in [5.74, 6) is 0. The van der Waals surface area contributed by atoms with Gasteiger partial charge in [-0.25, -0.2) is 4.79 Å². The summed E-state index contributed by atoms with van der Waals surface area (Å²) >= 11 is 0. The van der Waals surface area contributed by atoms with Crippen LogP contribution in [-0.4, -0.2) is 42.3 Å². The molecule has 98 valence electrons. The van der Waals surface area contributed by atoms with Gasteiger partial charge in [-0.1, -0.05) is 17.7 Å². The quantitative estimate of drug-likeness (QED) is 0.830. The molecular formula is C14H20N2O2. The number of hydrogen-bond acceptors (Lipinski definition) is 2. The van der Waals surface area contributed by atoms with Crippen molar-refractivity contribution in [1.29, 1.82) is 0 Å². The molecule has 0 bridgehead atoms. The molecule has 0 saturated carbocycles. The molecule has 1 aromatic carbocycles. The molecule has 18 heavy (non-hydrogen) atoms. The number of benzene rings is 1. The van der Waals surface area contributed by atoms with Gasteiger partial charge in [-0.15, -0.1) is 0 Å². The predicted molar refractivity (Wildman–Crippen MR) is 72.3 cm³/mol. The van der Waals surface area contributed by atoms with E-state index in [-0.39, 0.29) is 0 Å². The Morgan fingerprint density at radius 1 is 1.17 bits per heavy atom. The number of rotatable bonds is 1. The Hall–Kier alpha value is -1.71. The lowest BCUT2D eigenvalue weighted by Crippen LogP contribution is -2.34. The largest absolute Gasteiger partial charge is 0.465 e. The van der Waals surface area contributed by atoms with Gasteiger partial charge in [-0.2, -0.15) is 0 Å². The zero-order valence-corrected chi connectivity index (χ0v) is 11.0. The highest BCUT2D eigenvalue weighted by Gasteiger charge is 2.19. The lowest BCUT2D eigenvalue weighted by Gasteiger charge is -2.25. The molecule has 1 fully saturated rings. The molecule has 1 aromatic rings. The molecular weight excluding hydrogens is 228 g/mol. The SMILES string of the molecule is Cc1ccc(N2CCCN(C(=O)O)CC2)c(C)c1. The molecule has 2 rings (SSSR count). The van der Waals surface area contributed by atoms with Gasteiger partial charge < -0.3 is 14.9 Å². The summed E-state index contributed by atoms with van der Waals surface area (Å²) in [6.07, 6.45) is 0.0806. The van der Waals surface area contributed by atoms with Crippen molar-refractivity contribution in [1.82, 2.24) is 4.90 Å². The summed E-state index contributed by atoms with van der Waals surface area (Å²) in [6, 6.07) is 6.43. The number of amides is 1. The monoisotopic (exact) mass is 248 g/mol. The summed E-state index contributed by atoms with van der Waals surface area (Å²) in [4.78, 5) is 14.8. The van der Waals surface area contributed by atoms with E-state index in [0.717, 1.165) is 19.5 Å². The standard InChI is InChI=1S/C14H20N2O2/c1-11-4-5-13(12(2)10-11)15-6-3-7-16(9-8-15)14(17)18/h4-5,10H,3,6-9H2,1-2H3,(H,17,18). The Bertz CT molecular complexity index is 445. The number of aryl methyl sites for hydroxylation is 2. The van der Waals surface area contributed by atoms with Gasteiger partial charge in [0.25, 0.3) is 0 Å². The molecule has 1 heterocycles. The number of hydrogen-bond donors (Lipinski definition) is 1. The summed E-state index contributed by atoms with van der Waals surface area (Å²) in [5.41, 5.74) is 3.75. The van der Waals surface area contributed by atoms with Crippen molar-refractivity contribution in [2.45, 2.75) is 20.3 Å². The number of carbonyl (C=O) groups is 1. The number of carboxylic acid groups (broad SMARTS) is 1. The maximum Gasteiger partial charge on any atom is 0.407 e. The molecule has 0 atom stereocenters. The second kappa shape index (κ2) is 5.29. The van der Waals surface area contributed by atoms with Crippen LogP contribution in [-0.2, 0) is 0 Å². The van der Waals surface area contributed by atoms with Crippen LogP contribution in [0.3, 0.4) is 0 Å². The molecule has 0 aliphatic carbocycles. The smallest absolute Gasteiger partial charge is 0.407 e. The first-order valence-corrected chi connectivity index (χ1v) is 6.38. The molecule has 0 spiro atoms. The first kappa shape index (κ1) is 12.7. The van der Waals surface area contributed by atoms with Gasteiger partial charge in [0.15, 0.2) is 0 Å². The maximum atomic E-state index is 11.0. The van der Waals surface area contributed by atoms with Gasteiger partial charge in [0.1, 0.15) is 0 Å². The van der Waals surface area contributed by atoms with Crippen molar-refractivity contribution in [2.75, 3.05) is 31.1 Å². The molecule has 1 aliphatic rings. The molecule has 1 amide bonds. The average molecular weight is 248 g/mol. The van der Waals surface area contributed by atoms with E-state index >= 15 is 0 Å². The third-order valence-electron chi connectivity index (χ3n) is 3.46. The Kier molecular flexibility index (Phi) is 3.75. The minimum Gasteiger partial charge on any atom is -0.465 e. The van der Waals surface area contributed by atoms with Gasteiger partial charge in [-0.05, 0) is 31.9 Å². The predicted octanol–water partition coefficient (Wildman–Crippen LogP) is 2.49. The van der Waals surface area contributed by atoms with Crippen LogP contribution in [0.5, 0.6) is 0 Å². The lowest BCUT2D eigenvalue weighted by atomic mass is 10.1. The van der Waals surface area contributed by atoms with E-state index in [1.807, 2.05) is 0 Å². The summed E-state index contributed by atoms with van der Waals surface area (Å²) in [6.45, 7) is 7.12. The fourth-order valence-corrected chi connectivity index (χ4v) is 2.51. The summed E-state index contributed by atoms with van der Waals surface area (Å²) < 4.78 is 0. The minimum absolute atomic E-state index is 0.586. The molecule has 4 nitrogen and oxygen atoms in total. The second-order valence-corrected chi connectivity index (χ2v) is 4.90. The first-order valence-electron chi connectivity index (χ1n) is 6.38. The normalized spacial score (nSPS) is 16.6. The molecule has 0 radical (unpaired) electrons. The van der Waals surface area contributed by atoms with Crippen molar-refractivity contribution < 1.29 is 9.90 Å². The Morgan fingerprint density at radius 3 is 2.61 bits per heavy atom. The fraction of sp³-hybridized carbons (Fsp3) is 0.500. The minimum atomic E-state index is -0.808. The van der Waals surface area contributed by atoms with Crippen molar-refractivity contribution in [3.8, 4) is 0 Å². The fourth-order valence-electron chi connectivity index (χ4n) is 2.51. The van der Waals surface area contributed by atoms with E-state index < -0.39 is 6.09 Å². The Balaban J connectivity index is 2.12. The van der Waals surface area contributed by atoms with E-state index in [4.69, 9.17) is 5.11 Å². The van der Waals surface area contributed by atoms with Crippen LogP contribution in [0.1, 0.15) is 17.5 Å². The van der Waals surface area contributed by atoms with Gasteiger partial charge >= 0.3 is 6.09 Å². The highest BCUT2D eigenvalue weighted by molar-refractivity contribution is 5.65. The molecule has 1 saturated heterocycles. The van der Waals surface area contributed by atoms with E-state index in [0.29, 0.717) is 13.1 Å². The summed E-state index contributed by atoms with van der Waals surface area (Å²) in [7, 11) is 0. The van der Waals surface area contributed by atoms with Crippen LogP contribution in [0.4, 0.5) is 10.5 Å². The zero-order valence-electron chi connectivity index (χ0n) is 11.0. The van der Waals surface area contributed by atoms with Gasteiger partial charge in [0, 0.05) is 31.9 Å². The van der Waals surface area contributed by atoms with Crippen molar-refractivity contribution in [2.24, 2.45) is 0 Å². The lowest BCUT2D eigenvalue weighted by molar-refractivity contribution is 0.148. The average Bonchev–Trinajstić information content (AvgIpc) is 2.54. The van der Waals surface area contributed by atoms with E-state index in [1.54, 1.807) is 0 Å². The molecule has 1 N–H and O–H groups in total. The van der Waals surface area contributed by atoms with Crippen LogP contribution in [0.2, 0.25) is 0 Å². The molecule has 4 heteroatoms. The molecule has 0 unspecified atom stereocenters. The zero-order chi connectivity index (χ0) is 13.1. The highest BCUT2D eigenvalue weighted by atomic mass is 16.4. The maximum absolute atomic E-state index is 11.0. The second-order valence-electron chi connectivity index (χ2n) is 4.90. The van der Waals surface area contributed by atoms with Gasteiger partial charge in [0.2, 0.25) is 0 Å². The summed E-state index contributed by atoms with van der Waals surface area (Å²) in [5, 5.41) is 9.02. The Morgan fingerprint density at radius 2 is 1.94 bits per heavy atom. The van der Waals surface area contributed by atoms with Gasteiger partial charge in [-0.3, -0.25) is 0 Å². The number of anilines is 1. The van der Waals surface area contributed by atoms with Crippen molar-refractivity contribution >= 4 is 11.8 Å². The number of nitrogens with zero attached hydrogens (tertiary/aromatic N) is 2. The van der Waals surface area contributed by atoms with E-state index in [1.165, 1.54) is 21.7 Å². The van der Waals surface area contributed by atoms with Gasteiger partial charge in [0.05, 0.1) is 0 Å². The van der Waals surface area contributed by atoms with Crippen LogP contribution in [0, 0.1) is 13.8 Å². The van der Waals surface area contributed by atoms with Crippen LogP contribution < -0.4 is 4.90 Å². The molecule has 1 aliphatic heterocycles. The van der Waals surface area contributed by atoms with Crippen molar-refractivity contribution in [3.05, 3.63) is 29.3 Å². The molecule has 0 aromatic heterocycles. The van der Waals surface area contributed by atoms with E-state index in [2.05, 4.69) is 36.9 Å². The highest BCUT2D eigenvalue weighted by Crippen LogP contribution is 2.22. The van der Waals surface area contributed by atoms with Crippen molar-refractivity contribution in [3.63, 3.8) is 0 Å². The van der Waals surface area contributed by atoms with Crippen LogP contribution in [0.15, 0.2) is 18.2 Å². The van der Waals surface area contributed by atoms with E-state index in [9.17, 15) is 4.79 Å². The Labute approximate surface area is 108 Å². The third-order valence-corrected chi connectivity index (χ3v) is 3.46. The third kappa shape index (κ3) is 2.75. The van der Waals surface area contributed by atoms with Crippen LogP contribution in [0.25, 0.3) is 0 Å².